The second kappa shape index (κ2) is 10.2. The number of urea groups is 2. The number of hydrogen-bond donors (Lipinski definition) is 4. The first-order valence-corrected chi connectivity index (χ1v) is 11.0. The van der Waals surface area contributed by atoms with Crippen LogP contribution in [0.5, 0.6) is 0 Å². The lowest BCUT2D eigenvalue weighted by Crippen LogP contribution is -2.62. The molecule has 2 aromatic carbocycles. The van der Waals surface area contributed by atoms with Gasteiger partial charge in [-0.2, -0.15) is 0 Å². The summed E-state index contributed by atoms with van der Waals surface area (Å²) in [5, 5.41) is 13.0. The lowest BCUT2D eigenvalue weighted by Gasteiger charge is -2.52. The highest BCUT2D eigenvalue weighted by Crippen LogP contribution is 2.45. The predicted octanol–water partition coefficient (Wildman–Crippen LogP) is 4.71. The maximum atomic E-state index is 12.3. The van der Waals surface area contributed by atoms with E-state index in [0.29, 0.717) is 29.7 Å². The molecule has 2 aromatic rings. The van der Waals surface area contributed by atoms with Crippen molar-refractivity contribution in [2.24, 2.45) is 11.3 Å². The molecule has 1 aliphatic carbocycles. The molecule has 3 rings (SSSR count). The molecule has 4 N–H and O–H groups in total. The third kappa shape index (κ3) is 6.52. The van der Waals surface area contributed by atoms with Crippen molar-refractivity contribution in [3.63, 3.8) is 0 Å². The average molecular weight is 463 g/mol. The van der Waals surface area contributed by atoms with Gasteiger partial charge in [-0.15, -0.1) is 0 Å². The maximum absolute atomic E-state index is 12.3. The van der Waals surface area contributed by atoms with Gasteiger partial charge in [0.1, 0.15) is 0 Å². The van der Waals surface area contributed by atoms with Crippen molar-refractivity contribution in [1.82, 2.24) is 21.3 Å². The van der Waals surface area contributed by atoms with Gasteiger partial charge in [0.2, 0.25) is 0 Å². The first-order valence-electron chi connectivity index (χ1n) is 10.3. The number of rotatable bonds is 7. The molecule has 1 aliphatic rings. The van der Waals surface area contributed by atoms with Gasteiger partial charge in [-0.25, -0.2) is 9.59 Å². The van der Waals surface area contributed by atoms with E-state index in [0.717, 1.165) is 17.5 Å². The molecule has 2 unspecified atom stereocenters. The SMILES string of the molecule is CC1(C)C(CNC(=O)NCc2ccc(Cl)cc2)CC1NC(=O)NCc1ccc(Cl)cc1. The fourth-order valence-corrected chi connectivity index (χ4v) is 3.92. The Balaban J connectivity index is 1.35. The third-order valence-electron chi connectivity index (χ3n) is 6.02. The lowest BCUT2D eigenvalue weighted by atomic mass is 9.58. The smallest absolute Gasteiger partial charge is 0.315 e. The second-order valence-corrected chi connectivity index (χ2v) is 9.32. The number of halogens is 2. The first kappa shape index (κ1) is 23.2. The van der Waals surface area contributed by atoms with Gasteiger partial charge in [0, 0.05) is 35.7 Å². The van der Waals surface area contributed by atoms with E-state index in [4.69, 9.17) is 23.2 Å². The molecule has 0 aliphatic heterocycles. The lowest BCUT2D eigenvalue weighted by molar-refractivity contribution is 0.0230. The van der Waals surface area contributed by atoms with E-state index in [1.54, 1.807) is 24.3 Å². The Morgan fingerprint density at radius 2 is 1.32 bits per heavy atom. The minimum Gasteiger partial charge on any atom is -0.338 e. The Labute approximate surface area is 193 Å². The topological polar surface area (TPSA) is 82.3 Å². The van der Waals surface area contributed by atoms with Gasteiger partial charge >= 0.3 is 12.1 Å². The van der Waals surface area contributed by atoms with Gasteiger partial charge < -0.3 is 21.3 Å². The van der Waals surface area contributed by atoms with Crippen molar-refractivity contribution in [3.05, 3.63) is 69.7 Å². The Morgan fingerprint density at radius 3 is 1.81 bits per heavy atom. The molecule has 0 aromatic heterocycles. The Morgan fingerprint density at radius 1 is 0.839 bits per heavy atom. The molecular formula is C23H28Cl2N4O2. The minimum absolute atomic E-state index is 0.0571. The summed E-state index contributed by atoms with van der Waals surface area (Å²) in [6, 6.07) is 14.4. The van der Waals surface area contributed by atoms with Gasteiger partial charge in [-0.3, -0.25) is 0 Å². The molecule has 31 heavy (non-hydrogen) atoms. The van der Waals surface area contributed by atoms with E-state index in [1.165, 1.54) is 0 Å². The quantitative estimate of drug-likeness (QED) is 0.480. The maximum Gasteiger partial charge on any atom is 0.315 e. The summed E-state index contributed by atoms with van der Waals surface area (Å²) in [6.45, 7) is 5.66. The van der Waals surface area contributed by atoms with Crippen molar-refractivity contribution in [2.75, 3.05) is 6.54 Å². The zero-order valence-electron chi connectivity index (χ0n) is 17.7. The fraction of sp³-hybridized carbons (Fsp3) is 0.391. The van der Waals surface area contributed by atoms with Crippen LogP contribution in [-0.2, 0) is 13.1 Å². The summed E-state index contributed by atoms with van der Waals surface area (Å²) in [5.74, 6) is 0.287. The number of nitrogens with one attached hydrogen (secondary N) is 4. The van der Waals surface area contributed by atoms with Gasteiger partial charge in [0.25, 0.3) is 0 Å². The average Bonchev–Trinajstić information content (AvgIpc) is 2.75. The molecule has 0 bridgehead atoms. The molecule has 2 atom stereocenters. The van der Waals surface area contributed by atoms with E-state index in [2.05, 4.69) is 35.1 Å². The highest BCUT2D eigenvalue weighted by atomic mass is 35.5. The zero-order valence-corrected chi connectivity index (χ0v) is 19.2. The van der Waals surface area contributed by atoms with E-state index < -0.39 is 0 Å². The summed E-state index contributed by atoms with van der Waals surface area (Å²) in [6.07, 6.45) is 0.818. The number of benzene rings is 2. The normalized spacial score (nSPS) is 19.1. The van der Waals surface area contributed by atoms with Crippen LogP contribution in [0, 0.1) is 11.3 Å². The summed E-state index contributed by atoms with van der Waals surface area (Å²) in [7, 11) is 0. The van der Waals surface area contributed by atoms with Crippen LogP contribution in [0.4, 0.5) is 9.59 Å². The number of amides is 4. The van der Waals surface area contributed by atoms with Crippen molar-refractivity contribution in [1.29, 1.82) is 0 Å². The minimum atomic E-state index is -0.206. The van der Waals surface area contributed by atoms with Crippen LogP contribution in [0.25, 0.3) is 0 Å². The molecule has 0 spiro atoms. The first-order chi connectivity index (χ1) is 14.7. The van der Waals surface area contributed by atoms with Crippen LogP contribution >= 0.6 is 23.2 Å². The van der Waals surface area contributed by atoms with Crippen LogP contribution in [0.15, 0.2) is 48.5 Å². The Bertz CT molecular complexity index is 901. The molecule has 8 heteroatoms. The van der Waals surface area contributed by atoms with E-state index >= 15 is 0 Å². The van der Waals surface area contributed by atoms with Crippen LogP contribution in [-0.4, -0.2) is 24.6 Å². The molecule has 6 nitrogen and oxygen atoms in total. The standard InChI is InChI=1S/C23H28Cl2N4O2/c1-23(2)17(14-28-21(30)26-12-15-3-7-18(24)8-4-15)11-20(23)29-22(31)27-13-16-5-9-19(25)10-6-16/h3-10,17,20H,11-14H2,1-2H3,(H2,26,28,30)(H2,27,29,31). The highest BCUT2D eigenvalue weighted by Gasteiger charge is 2.48. The van der Waals surface area contributed by atoms with Crippen molar-refractivity contribution >= 4 is 35.3 Å². The zero-order chi connectivity index (χ0) is 22.4. The van der Waals surface area contributed by atoms with E-state index in [1.807, 2.05) is 24.3 Å². The molecule has 0 radical (unpaired) electrons. The summed E-state index contributed by atoms with van der Waals surface area (Å²) in [4.78, 5) is 24.4. The molecular weight excluding hydrogens is 435 g/mol. The predicted molar refractivity (Wildman–Crippen MR) is 124 cm³/mol. The van der Waals surface area contributed by atoms with Crippen molar-refractivity contribution in [3.8, 4) is 0 Å². The number of carbonyl (C=O) groups is 2. The van der Waals surface area contributed by atoms with Gasteiger partial charge in [-0.1, -0.05) is 61.3 Å². The highest BCUT2D eigenvalue weighted by molar-refractivity contribution is 6.30. The summed E-state index contributed by atoms with van der Waals surface area (Å²) in [5.41, 5.74) is 1.86. The van der Waals surface area contributed by atoms with Gasteiger partial charge in [0.15, 0.2) is 0 Å². The van der Waals surface area contributed by atoms with E-state index in [-0.39, 0.29) is 29.4 Å². The van der Waals surface area contributed by atoms with Crippen molar-refractivity contribution in [2.45, 2.75) is 39.4 Å². The molecule has 1 saturated carbocycles. The number of carbonyl (C=O) groups excluding carboxylic acids is 2. The molecule has 0 heterocycles. The monoisotopic (exact) mass is 462 g/mol. The second-order valence-electron chi connectivity index (χ2n) is 8.45. The molecule has 0 saturated heterocycles. The summed E-state index contributed by atoms with van der Waals surface area (Å²) >= 11 is 11.7. The number of hydrogen-bond acceptors (Lipinski definition) is 2. The van der Waals surface area contributed by atoms with Crippen LogP contribution < -0.4 is 21.3 Å². The molecule has 166 valence electrons. The molecule has 1 fully saturated rings. The van der Waals surface area contributed by atoms with Crippen LogP contribution in [0.2, 0.25) is 10.0 Å². The van der Waals surface area contributed by atoms with Crippen LogP contribution in [0.1, 0.15) is 31.4 Å². The Kier molecular flexibility index (Phi) is 7.68. The van der Waals surface area contributed by atoms with Crippen LogP contribution in [0.3, 0.4) is 0 Å². The summed E-state index contributed by atoms with van der Waals surface area (Å²) < 4.78 is 0. The third-order valence-corrected chi connectivity index (χ3v) is 6.52. The van der Waals surface area contributed by atoms with Gasteiger partial charge in [0.05, 0.1) is 0 Å². The van der Waals surface area contributed by atoms with Crippen molar-refractivity contribution < 1.29 is 9.59 Å². The fourth-order valence-electron chi connectivity index (χ4n) is 3.66. The largest absolute Gasteiger partial charge is 0.338 e. The van der Waals surface area contributed by atoms with Gasteiger partial charge in [-0.05, 0) is 53.1 Å². The van der Waals surface area contributed by atoms with E-state index in [9.17, 15) is 9.59 Å². The Hall–Kier alpha value is -2.44. The molecule has 4 amide bonds.